The Morgan fingerprint density at radius 3 is 2.76 bits per heavy atom. The van der Waals surface area contributed by atoms with Gasteiger partial charge in [-0.1, -0.05) is 13.8 Å². The Hall–Kier alpha value is -0.910. The van der Waals surface area contributed by atoms with Crippen LogP contribution in [0.4, 0.5) is 0 Å². The van der Waals surface area contributed by atoms with Crippen LogP contribution in [0.2, 0.25) is 0 Å². The Morgan fingerprint density at radius 2 is 2.18 bits per heavy atom. The average molecular weight is 240 g/mol. The maximum Gasteiger partial charge on any atom is 0.0860 e. The fourth-order valence-electron chi connectivity index (χ4n) is 1.73. The highest BCUT2D eigenvalue weighted by molar-refractivity contribution is 4.78. The van der Waals surface area contributed by atoms with Crippen LogP contribution >= 0.6 is 0 Å². The Balaban J connectivity index is 2.06. The molecular formula is C12H24N4O. The van der Waals surface area contributed by atoms with Crippen LogP contribution in [0.25, 0.3) is 0 Å². The lowest BCUT2D eigenvalue weighted by Crippen LogP contribution is -2.36. The van der Waals surface area contributed by atoms with Crippen LogP contribution in [-0.2, 0) is 6.54 Å². The molecule has 1 aromatic heterocycles. The summed E-state index contributed by atoms with van der Waals surface area (Å²) in [7, 11) is 0. The summed E-state index contributed by atoms with van der Waals surface area (Å²) >= 11 is 0. The van der Waals surface area contributed by atoms with Gasteiger partial charge in [0, 0.05) is 32.0 Å². The summed E-state index contributed by atoms with van der Waals surface area (Å²) in [5.41, 5.74) is 0. The van der Waals surface area contributed by atoms with Gasteiger partial charge in [-0.25, -0.2) is 0 Å². The zero-order valence-corrected chi connectivity index (χ0v) is 10.8. The van der Waals surface area contributed by atoms with Crippen molar-refractivity contribution in [1.29, 1.82) is 0 Å². The van der Waals surface area contributed by atoms with Crippen molar-refractivity contribution in [3.8, 4) is 0 Å². The molecule has 1 aromatic rings. The van der Waals surface area contributed by atoms with E-state index in [9.17, 15) is 5.11 Å². The van der Waals surface area contributed by atoms with Crippen molar-refractivity contribution in [2.45, 2.75) is 26.5 Å². The first-order valence-corrected chi connectivity index (χ1v) is 6.34. The summed E-state index contributed by atoms with van der Waals surface area (Å²) in [6.45, 7) is 9.58. The normalized spacial score (nSPS) is 13.2. The number of aliphatic hydroxyl groups is 1. The number of aliphatic hydroxyl groups excluding tert-OH is 1. The van der Waals surface area contributed by atoms with Gasteiger partial charge in [-0.05, 0) is 19.2 Å². The van der Waals surface area contributed by atoms with Crippen LogP contribution in [0.5, 0.6) is 0 Å². The molecule has 0 radical (unpaired) electrons. The summed E-state index contributed by atoms with van der Waals surface area (Å²) in [6.07, 6.45) is 3.20. The van der Waals surface area contributed by atoms with Crippen LogP contribution in [0.1, 0.15) is 13.8 Å². The Bertz CT molecular complexity index is 272. The molecule has 0 aliphatic carbocycles. The first-order valence-electron chi connectivity index (χ1n) is 6.34. The molecule has 0 spiro atoms. The van der Waals surface area contributed by atoms with Gasteiger partial charge in [0.05, 0.1) is 12.6 Å². The maximum absolute atomic E-state index is 9.76. The van der Waals surface area contributed by atoms with Crippen molar-refractivity contribution in [3.63, 3.8) is 0 Å². The molecule has 98 valence electrons. The predicted octanol–water partition coefficient (Wildman–Crippen LogP) is 0.175. The van der Waals surface area contributed by atoms with Crippen LogP contribution in [-0.4, -0.2) is 58.6 Å². The van der Waals surface area contributed by atoms with E-state index in [2.05, 4.69) is 29.2 Å². The second-order valence-electron chi connectivity index (χ2n) is 4.11. The van der Waals surface area contributed by atoms with Gasteiger partial charge in [0.25, 0.3) is 0 Å². The lowest BCUT2D eigenvalue weighted by Gasteiger charge is -2.19. The highest BCUT2D eigenvalue weighted by Crippen LogP contribution is 1.90. The number of aromatic nitrogens is 2. The smallest absolute Gasteiger partial charge is 0.0860 e. The van der Waals surface area contributed by atoms with Gasteiger partial charge in [-0.2, -0.15) is 5.10 Å². The van der Waals surface area contributed by atoms with Gasteiger partial charge in [0.2, 0.25) is 0 Å². The van der Waals surface area contributed by atoms with Crippen LogP contribution in [0, 0.1) is 0 Å². The number of nitrogens with one attached hydrogen (secondary N) is 1. The van der Waals surface area contributed by atoms with Gasteiger partial charge < -0.3 is 15.3 Å². The van der Waals surface area contributed by atoms with E-state index in [1.54, 1.807) is 10.9 Å². The van der Waals surface area contributed by atoms with E-state index in [1.807, 2.05) is 12.3 Å². The van der Waals surface area contributed by atoms with Crippen LogP contribution in [0.3, 0.4) is 0 Å². The van der Waals surface area contributed by atoms with Gasteiger partial charge in [-0.15, -0.1) is 0 Å². The average Bonchev–Trinajstić information content (AvgIpc) is 2.82. The van der Waals surface area contributed by atoms with E-state index in [1.165, 1.54) is 0 Å². The Morgan fingerprint density at radius 1 is 1.41 bits per heavy atom. The lowest BCUT2D eigenvalue weighted by atomic mass is 10.3. The molecule has 1 rings (SSSR count). The van der Waals surface area contributed by atoms with E-state index in [-0.39, 0.29) is 6.10 Å². The third-order valence-corrected chi connectivity index (χ3v) is 2.84. The number of nitrogens with zero attached hydrogens (tertiary/aromatic N) is 3. The van der Waals surface area contributed by atoms with E-state index >= 15 is 0 Å². The maximum atomic E-state index is 9.76. The van der Waals surface area contributed by atoms with Crippen molar-refractivity contribution in [1.82, 2.24) is 20.0 Å². The summed E-state index contributed by atoms with van der Waals surface area (Å²) in [5.74, 6) is 0. The van der Waals surface area contributed by atoms with Crippen molar-refractivity contribution in [3.05, 3.63) is 18.5 Å². The minimum atomic E-state index is -0.383. The van der Waals surface area contributed by atoms with Gasteiger partial charge in [0.15, 0.2) is 0 Å². The van der Waals surface area contributed by atoms with E-state index in [4.69, 9.17) is 0 Å². The molecule has 17 heavy (non-hydrogen) atoms. The number of rotatable bonds is 9. The van der Waals surface area contributed by atoms with Gasteiger partial charge >= 0.3 is 0 Å². The fraction of sp³-hybridized carbons (Fsp3) is 0.750. The topological polar surface area (TPSA) is 53.3 Å². The molecule has 1 heterocycles. The van der Waals surface area contributed by atoms with Crippen molar-refractivity contribution in [2.24, 2.45) is 0 Å². The number of hydrogen-bond donors (Lipinski definition) is 2. The van der Waals surface area contributed by atoms with E-state index in [0.29, 0.717) is 13.1 Å². The molecule has 0 fully saturated rings. The Kier molecular flexibility index (Phi) is 6.84. The minimum Gasteiger partial charge on any atom is -0.390 e. The summed E-state index contributed by atoms with van der Waals surface area (Å²) in [5, 5.41) is 17.1. The second-order valence-corrected chi connectivity index (χ2v) is 4.11. The molecule has 2 N–H and O–H groups in total. The van der Waals surface area contributed by atoms with Gasteiger partial charge in [-0.3, -0.25) is 4.68 Å². The molecule has 0 bridgehead atoms. The quantitative estimate of drug-likeness (QED) is 0.604. The predicted molar refractivity (Wildman–Crippen MR) is 68.9 cm³/mol. The van der Waals surface area contributed by atoms with Crippen molar-refractivity contribution < 1.29 is 5.11 Å². The molecule has 5 nitrogen and oxygen atoms in total. The fourth-order valence-corrected chi connectivity index (χ4v) is 1.73. The van der Waals surface area contributed by atoms with E-state index < -0.39 is 0 Å². The van der Waals surface area contributed by atoms with Crippen molar-refractivity contribution >= 4 is 0 Å². The van der Waals surface area contributed by atoms with Crippen molar-refractivity contribution in [2.75, 3.05) is 32.7 Å². The number of likely N-dealkylation sites (N-methyl/N-ethyl adjacent to an activating group) is 1. The molecular weight excluding hydrogens is 216 g/mol. The number of hydrogen-bond acceptors (Lipinski definition) is 4. The minimum absolute atomic E-state index is 0.383. The highest BCUT2D eigenvalue weighted by Gasteiger charge is 2.05. The monoisotopic (exact) mass is 240 g/mol. The molecule has 0 saturated carbocycles. The molecule has 0 aliphatic heterocycles. The standard InChI is InChI=1S/C12H24N4O/c1-3-15(4-2)9-7-13-10-12(17)11-16-8-5-6-14-16/h5-6,8,12-13,17H,3-4,7,9-11H2,1-2H3. The third kappa shape index (κ3) is 5.81. The van der Waals surface area contributed by atoms with Crippen LogP contribution in [0.15, 0.2) is 18.5 Å². The molecule has 0 amide bonds. The van der Waals surface area contributed by atoms with Crippen LogP contribution < -0.4 is 5.32 Å². The molecule has 1 atom stereocenters. The largest absolute Gasteiger partial charge is 0.390 e. The van der Waals surface area contributed by atoms with E-state index in [0.717, 1.165) is 26.2 Å². The summed E-state index contributed by atoms with van der Waals surface area (Å²) in [6, 6.07) is 1.86. The molecule has 0 aromatic carbocycles. The molecule has 0 aliphatic rings. The summed E-state index contributed by atoms with van der Waals surface area (Å²) < 4.78 is 1.75. The molecule has 5 heteroatoms. The zero-order valence-electron chi connectivity index (χ0n) is 10.8. The first-order chi connectivity index (χ1) is 8.26. The van der Waals surface area contributed by atoms with Gasteiger partial charge in [0.1, 0.15) is 0 Å². The SMILES string of the molecule is CCN(CC)CCNCC(O)Cn1cccn1. The zero-order chi connectivity index (χ0) is 12.5. The second kappa shape index (κ2) is 8.22. The third-order valence-electron chi connectivity index (χ3n) is 2.84. The molecule has 0 saturated heterocycles. The Labute approximate surface area is 103 Å². The molecule has 1 unspecified atom stereocenters. The first kappa shape index (κ1) is 14.2. The summed E-state index contributed by atoms with van der Waals surface area (Å²) in [4.78, 5) is 2.35. The highest BCUT2D eigenvalue weighted by atomic mass is 16.3. The lowest BCUT2D eigenvalue weighted by molar-refractivity contribution is 0.145.